The molecule has 1 aliphatic heterocycles. The quantitative estimate of drug-likeness (QED) is 0.361. The van der Waals surface area contributed by atoms with Gasteiger partial charge in [-0.1, -0.05) is 22.7 Å². The fourth-order valence-corrected chi connectivity index (χ4v) is 6.17. The number of nitrogens with zero attached hydrogens (tertiary/aromatic N) is 5. The van der Waals surface area contributed by atoms with Gasteiger partial charge in [0.2, 0.25) is 0 Å². The first kappa shape index (κ1) is 20.4. The van der Waals surface area contributed by atoms with Gasteiger partial charge in [0.15, 0.2) is 14.8 Å². The number of pyridine rings is 1. The monoisotopic (exact) mass is 472 g/mol. The molecule has 0 aromatic carbocycles. The largest absolute Gasteiger partial charge is 0.359 e. The number of nitrogens with one attached hydrogen (secondary N) is 3. The highest BCUT2D eigenvalue weighted by Gasteiger charge is 2.22. The van der Waals surface area contributed by atoms with Gasteiger partial charge in [0.1, 0.15) is 5.01 Å². The Bertz CT molecular complexity index is 1280. The van der Waals surface area contributed by atoms with Crippen LogP contribution in [0.4, 0.5) is 5.13 Å². The number of hydrogen-bond donors (Lipinski definition) is 3. The van der Waals surface area contributed by atoms with Crippen LogP contribution in [0.5, 0.6) is 0 Å². The molecule has 0 amide bonds. The van der Waals surface area contributed by atoms with Gasteiger partial charge in [0.25, 0.3) is 0 Å². The van der Waals surface area contributed by atoms with Crippen LogP contribution >= 0.6 is 35.1 Å². The molecule has 3 N–H and O–H groups in total. The van der Waals surface area contributed by atoms with Crippen molar-refractivity contribution in [1.82, 2.24) is 35.5 Å². The number of thiazole rings is 2. The molecule has 0 saturated carbocycles. The minimum Gasteiger partial charge on any atom is -0.359 e. The van der Waals surface area contributed by atoms with Gasteiger partial charge >= 0.3 is 0 Å². The molecule has 0 atom stereocenters. The van der Waals surface area contributed by atoms with Crippen molar-refractivity contribution in [2.24, 2.45) is 0 Å². The average molecular weight is 473 g/mol. The summed E-state index contributed by atoms with van der Waals surface area (Å²) in [6.07, 6.45) is 9.80. The molecule has 31 heavy (non-hydrogen) atoms. The molecule has 5 aromatic heterocycles. The smallest absolute Gasteiger partial charge is 0.188 e. The highest BCUT2D eigenvalue weighted by atomic mass is 35.5. The molecule has 0 spiro atoms. The summed E-state index contributed by atoms with van der Waals surface area (Å²) < 4.78 is 0. The van der Waals surface area contributed by atoms with Gasteiger partial charge in [-0.15, -0.1) is 12.4 Å². The number of fused-ring (bicyclic) bond motifs is 2. The minimum absolute atomic E-state index is 0. The molecule has 1 fully saturated rings. The molecule has 1 saturated heterocycles. The zero-order valence-electron chi connectivity index (χ0n) is 16.8. The third kappa shape index (κ3) is 3.49. The Morgan fingerprint density at radius 2 is 1.94 bits per heavy atom. The summed E-state index contributed by atoms with van der Waals surface area (Å²) >= 11 is 3.31. The number of hydrogen-bond acceptors (Lipinski definition) is 8. The van der Waals surface area contributed by atoms with Crippen LogP contribution in [0.1, 0.15) is 12.8 Å². The topological polar surface area (TPSA) is 98.4 Å². The van der Waals surface area contributed by atoms with Crippen molar-refractivity contribution in [3.8, 4) is 21.8 Å². The highest BCUT2D eigenvalue weighted by molar-refractivity contribution is 7.29. The Balaban J connectivity index is 0.00000204. The Labute approximate surface area is 192 Å². The zero-order valence-corrected chi connectivity index (χ0v) is 19.2. The number of aromatic nitrogens is 6. The molecule has 6 rings (SSSR count). The van der Waals surface area contributed by atoms with Crippen LogP contribution in [0, 0.1) is 0 Å². The molecular weight excluding hydrogens is 452 g/mol. The number of H-pyrrole nitrogens is 2. The van der Waals surface area contributed by atoms with Gasteiger partial charge in [-0.2, -0.15) is 5.10 Å². The molecule has 0 radical (unpaired) electrons. The van der Waals surface area contributed by atoms with E-state index in [1.807, 2.05) is 18.6 Å². The average Bonchev–Trinajstić information content (AvgIpc) is 3.56. The fourth-order valence-electron chi connectivity index (χ4n) is 4.07. The van der Waals surface area contributed by atoms with E-state index in [-0.39, 0.29) is 12.4 Å². The summed E-state index contributed by atoms with van der Waals surface area (Å²) in [6, 6.07) is 2.62. The van der Waals surface area contributed by atoms with Crippen LogP contribution in [0.15, 0.2) is 30.9 Å². The summed E-state index contributed by atoms with van der Waals surface area (Å²) in [4.78, 5) is 22.2. The normalized spacial score (nSPS) is 14.9. The van der Waals surface area contributed by atoms with Gasteiger partial charge in [-0.25, -0.2) is 9.97 Å². The van der Waals surface area contributed by atoms with E-state index in [0.717, 1.165) is 73.5 Å². The predicted octanol–water partition coefficient (Wildman–Crippen LogP) is 4.30. The van der Waals surface area contributed by atoms with Gasteiger partial charge in [-0.05, 0) is 32.0 Å². The summed E-state index contributed by atoms with van der Waals surface area (Å²) in [5, 5.41) is 13.4. The number of piperidine rings is 1. The van der Waals surface area contributed by atoms with Gasteiger partial charge in [0, 0.05) is 48.2 Å². The SMILES string of the molecule is CN(c1nc2sc(-c3cnc(-c4cn[nH]c4)c4[nH]ccc34)nc2s1)C1CCNCC1.Cl. The van der Waals surface area contributed by atoms with Gasteiger partial charge < -0.3 is 15.2 Å². The van der Waals surface area contributed by atoms with Crippen molar-refractivity contribution in [2.75, 3.05) is 25.0 Å². The maximum atomic E-state index is 4.92. The zero-order chi connectivity index (χ0) is 20.1. The lowest BCUT2D eigenvalue weighted by atomic mass is 10.1. The van der Waals surface area contributed by atoms with Crippen LogP contribution in [0.2, 0.25) is 0 Å². The molecular formula is C20H21ClN8S2. The molecule has 11 heteroatoms. The van der Waals surface area contributed by atoms with Crippen molar-refractivity contribution in [1.29, 1.82) is 0 Å². The lowest BCUT2D eigenvalue weighted by Crippen LogP contribution is -2.41. The summed E-state index contributed by atoms with van der Waals surface area (Å²) in [5.74, 6) is 0. The van der Waals surface area contributed by atoms with Gasteiger partial charge in [-0.3, -0.25) is 10.1 Å². The highest BCUT2D eigenvalue weighted by Crippen LogP contribution is 2.39. The van der Waals surface area contributed by atoms with E-state index in [9.17, 15) is 0 Å². The summed E-state index contributed by atoms with van der Waals surface area (Å²) in [5.41, 5.74) is 3.87. The van der Waals surface area contributed by atoms with Crippen molar-refractivity contribution in [3.05, 3.63) is 30.9 Å². The fraction of sp³-hybridized carbons (Fsp3) is 0.300. The molecule has 5 aromatic rings. The van der Waals surface area contributed by atoms with E-state index in [0.29, 0.717) is 6.04 Å². The summed E-state index contributed by atoms with van der Waals surface area (Å²) in [6.45, 7) is 2.15. The number of anilines is 1. The van der Waals surface area contributed by atoms with Crippen LogP contribution in [-0.2, 0) is 0 Å². The van der Waals surface area contributed by atoms with Crippen LogP contribution in [0.25, 0.3) is 42.4 Å². The lowest BCUT2D eigenvalue weighted by Gasteiger charge is -2.31. The number of halogens is 1. The standard InChI is InChI=1S/C20H20N8S2.ClH/c1-28(12-2-5-21-6-3-12)20-27-19-18(30-20)26-17(29-19)14-10-23-15(11-8-24-25-9-11)16-13(14)4-7-22-16;/h4,7-10,12,21-22H,2-3,5-6H2,1H3,(H,24,25);1H. The van der Waals surface area contributed by atoms with E-state index in [4.69, 9.17) is 15.0 Å². The van der Waals surface area contributed by atoms with E-state index in [2.05, 4.69) is 38.5 Å². The van der Waals surface area contributed by atoms with E-state index in [1.54, 1.807) is 28.9 Å². The number of aromatic amines is 2. The molecule has 1 aliphatic rings. The van der Waals surface area contributed by atoms with E-state index < -0.39 is 0 Å². The van der Waals surface area contributed by atoms with E-state index in [1.165, 1.54) is 0 Å². The van der Waals surface area contributed by atoms with Crippen molar-refractivity contribution in [2.45, 2.75) is 18.9 Å². The number of rotatable bonds is 4. The molecule has 8 nitrogen and oxygen atoms in total. The summed E-state index contributed by atoms with van der Waals surface area (Å²) in [7, 11) is 2.15. The molecule has 6 heterocycles. The first-order valence-corrected chi connectivity index (χ1v) is 11.6. The van der Waals surface area contributed by atoms with Crippen LogP contribution < -0.4 is 10.2 Å². The van der Waals surface area contributed by atoms with Crippen molar-refractivity contribution in [3.63, 3.8) is 0 Å². The second-order valence-electron chi connectivity index (χ2n) is 7.49. The van der Waals surface area contributed by atoms with Crippen molar-refractivity contribution < 1.29 is 0 Å². The van der Waals surface area contributed by atoms with Gasteiger partial charge in [0.05, 0.1) is 17.4 Å². The molecule has 0 bridgehead atoms. The Morgan fingerprint density at radius 3 is 2.71 bits per heavy atom. The van der Waals surface area contributed by atoms with Crippen molar-refractivity contribution >= 4 is 60.8 Å². The predicted molar refractivity (Wildman–Crippen MR) is 130 cm³/mol. The first-order valence-electron chi connectivity index (χ1n) is 9.94. The molecule has 0 unspecified atom stereocenters. The second-order valence-corrected chi connectivity index (χ2v) is 9.43. The maximum Gasteiger partial charge on any atom is 0.188 e. The first-order chi connectivity index (χ1) is 14.8. The second kappa shape index (κ2) is 8.19. The maximum absolute atomic E-state index is 4.92. The third-order valence-corrected chi connectivity index (χ3v) is 7.87. The molecule has 0 aliphatic carbocycles. The van der Waals surface area contributed by atoms with Crippen LogP contribution in [-0.4, -0.2) is 56.3 Å². The lowest BCUT2D eigenvalue weighted by molar-refractivity contribution is 0.443. The van der Waals surface area contributed by atoms with Crippen LogP contribution in [0.3, 0.4) is 0 Å². The molecule has 160 valence electrons. The Kier molecular flexibility index (Phi) is 5.39. The Hall–Kier alpha value is -2.53. The minimum atomic E-state index is 0. The van der Waals surface area contributed by atoms with E-state index >= 15 is 0 Å². The Morgan fingerprint density at radius 1 is 1.10 bits per heavy atom. The third-order valence-electron chi connectivity index (χ3n) is 5.72.